The normalized spacial score (nSPS) is 9.68. The van der Waals surface area contributed by atoms with Crippen LogP contribution in [0.4, 0.5) is 0 Å². The molecule has 0 atom stereocenters. The van der Waals surface area contributed by atoms with E-state index in [0.717, 1.165) is 16.9 Å². The van der Waals surface area contributed by atoms with Gasteiger partial charge in [0.15, 0.2) is 0 Å². The van der Waals surface area contributed by atoms with Crippen molar-refractivity contribution in [2.75, 3.05) is 7.11 Å². The van der Waals surface area contributed by atoms with Gasteiger partial charge in [-0.3, -0.25) is 0 Å². The number of benzene rings is 2. The maximum absolute atomic E-state index is 5.14. The van der Waals surface area contributed by atoms with E-state index in [-0.39, 0.29) is 0 Å². The Kier molecular flexibility index (Phi) is 3.92. The van der Waals surface area contributed by atoms with Gasteiger partial charge in [0.25, 0.3) is 0 Å². The van der Waals surface area contributed by atoms with E-state index in [1.807, 2.05) is 24.3 Å². The minimum atomic E-state index is 0.855. The third kappa shape index (κ3) is 3.17. The third-order valence-corrected chi connectivity index (χ3v) is 3.10. The predicted molar refractivity (Wildman–Crippen MR) is 79.6 cm³/mol. The number of hydrogen-bond acceptors (Lipinski definition) is 1. The van der Waals surface area contributed by atoms with Crippen molar-refractivity contribution in [1.29, 1.82) is 0 Å². The molecular formula is C18H18O. The molecule has 0 aliphatic rings. The lowest BCUT2D eigenvalue weighted by molar-refractivity contribution is 0.415. The van der Waals surface area contributed by atoms with Gasteiger partial charge in [-0.2, -0.15) is 0 Å². The average Bonchev–Trinajstić information content (AvgIpc) is 2.38. The molecule has 0 saturated carbocycles. The summed E-state index contributed by atoms with van der Waals surface area (Å²) in [5.41, 5.74) is 5.88. The van der Waals surface area contributed by atoms with Crippen LogP contribution in [0.25, 0.3) is 0 Å². The van der Waals surface area contributed by atoms with Crippen LogP contribution in [0.2, 0.25) is 0 Å². The first-order chi connectivity index (χ1) is 9.10. The highest BCUT2D eigenvalue weighted by atomic mass is 16.5. The molecule has 0 radical (unpaired) electrons. The van der Waals surface area contributed by atoms with E-state index < -0.39 is 0 Å². The summed E-state index contributed by atoms with van der Waals surface area (Å²) in [5.74, 6) is 7.33. The average molecular weight is 250 g/mol. The Bertz CT molecular complexity index is 617. The van der Waals surface area contributed by atoms with Crippen LogP contribution in [0.1, 0.15) is 27.8 Å². The van der Waals surface area contributed by atoms with Crippen molar-refractivity contribution in [3.63, 3.8) is 0 Å². The fraction of sp³-hybridized carbons (Fsp3) is 0.222. The Hall–Kier alpha value is -2.20. The maximum atomic E-state index is 5.14. The fourth-order valence-electron chi connectivity index (χ4n) is 2.19. The molecule has 0 amide bonds. The van der Waals surface area contributed by atoms with Gasteiger partial charge in [0.1, 0.15) is 5.75 Å². The van der Waals surface area contributed by atoms with Gasteiger partial charge in [0.05, 0.1) is 7.11 Å². The van der Waals surface area contributed by atoms with Crippen LogP contribution < -0.4 is 4.74 Å². The molecule has 0 saturated heterocycles. The highest BCUT2D eigenvalue weighted by Crippen LogP contribution is 2.15. The van der Waals surface area contributed by atoms with E-state index in [0.29, 0.717) is 0 Å². The molecule has 0 unspecified atom stereocenters. The topological polar surface area (TPSA) is 9.23 Å². The van der Waals surface area contributed by atoms with Crippen LogP contribution >= 0.6 is 0 Å². The summed E-state index contributed by atoms with van der Waals surface area (Å²) >= 11 is 0. The standard InChI is InChI=1S/C18H18O/c1-13-11-14(2)18(15(3)12-13)10-7-16-5-8-17(19-4)9-6-16/h5-6,8-9,11-12H,1-4H3. The Morgan fingerprint density at radius 2 is 1.42 bits per heavy atom. The second-order valence-electron chi connectivity index (χ2n) is 4.75. The van der Waals surface area contributed by atoms with Crippen LogP contribution in [-0.4, -0.2) is 7.11 Å². The van der Waals surface area contributed by atoms with Gasteiger partial charge in [0, 0.05) is 11.1 Å². The van der Waals surface area contributed by atoms with Gasteiger partial charge in [-0.1, -0.05) is 29.5 Å². The van der Waals surface area contributed by atoms with E-state index in [4.69, 9.17) is 4.74 Å². The Balaban J connectivity index is 2.33. The van der Waals surface area contributed by atoms with Gasteiger partial charge in [0.2, 0.25) is 0 Å². The van der Waals surface area contributed by atoms with E-state index in [1.165, 1.54) is 16.7 Å². The van der Waals surface area contributed by atoms with E-state index >= 15 is 0 Å². The van der Waals surface area contributed by atoms with Crippen molar-refractivity contribution in [1.82, 2.24) is 0 Å². The predicted octanol–water partition coefficient (Wildman–Crippen LogP) is 4.02. The number of methoxy groups -OCH3 is 1. The van der Waals surface area contributed by atoms with Crippen molar-refractivity contribution >= 4 is 0 Å². The molecule has 2 rings (SSSR count). The highest BCUT2D eigenvalue weighted by Gasteiger charge is 2.00. The number of aryl methyl sites for hydroxylation is 3. The summed E-state index contributed by atoms with van der Waals surface area (Å²) < 4.78 is 5.14. The van der Waals surface area contributed by atoms with Crippen molar-refractivity contribution in [2.45, 2.75) is 20.8 Å². The monoisotopic (exact) mass is 250 g/mol. The number of rotatable bonds is 1. The van der Waals surface area contributed by atoms with Gasteiger partial charge in [-0.15, -0.1) is 0 Å². The Morgan fingerprint density at radius 1 is 0.842 bits per heavy atom. The molecule has 0 aliphatic heterocycles. The molecule has 0 spiro atoms. The lowest BCUT2D eigenvalue weighted by atomic mass is 10.00. The lowest BCUT2D eigenvalue weighted by Crippen LogP contribution is -1.89. The molecule has 0 fully saturated rings. The summed E-state index contributed by atoms with van der Waals surface area (Å²) in [6.45, 7) is 6.33. The maximum Gasteiger partial charge on any atom is 0.118 e. The highest BCUT2D eigenvalue weighted by molar-refractivity contribution is 5.51. The second kappa shape index (κ2) is 5.63. The molecule has 0 aliphatic carbocycles. The summed E-state index contributed by atoms with van der Waals surface area (Å²) in [7, 11) is 1.67. The zero-order valence-electron chi connectivity index (χ0n) is 11.9. The van der Waals surface area contributed by atoms with Crippen LogP contribution in [0.3, 0.4) is 0 Å². The van der Waals surface area contributed by atoms with Crippen molar-refractivity contribution < 1.29 is 4.74 Å². The molecule has 1 heteroatoms. The second-order valence-corrected chi connectivity index (χ2v) is 4.75. The quantitative estimate of drug-likeness (QED) is 0.695. The van der Waals surface area contributed by atoms with E-state index in [9.17, 15) is 0 Å². The fourth-order valence-corrected chi connectivity index (χ4v) is 2.19. The molecule has 2 aromatic rings. The molecule has 1 nitrogen and oxygen atoms in total. The molecule has 96 valence electrons. The lowest BCUT2D eigenvalue weighted by Gasteiger charge is -2.04. The Morgan fingerprint density at radius 3 is 1.95 bits per heavy atom. The van der Waals surface area contributed by atoms with Gasteiger partial charge >= 0.3 is 0 Å². The third-order valence-electron chi connectivity index (χ3n) is 3.10. The largest absolute Gasteiger partial charge is 0.497 e. The van der Waals surface area contributed by atoms with Gasteiger partial charge in [-0.25, -0.2) is 0 Å². The zero-order chi connectivity index (χ0) is 13.8. The summed E-state index contributed by atoms with van der Waals surface area (Å²) in [4.78, 5) is 0. The summed E-state index contributed by atoms with van der Waals surface area (Å²) in [6, 6.07) is 12.2. The SMILES string of the molecule is COc1ccc(C#Cc2c(C)cc(C)cc2C)cc1. The minimum Gasteiger partial charge on any atom is -0.497 e. The first kappa shape index (κ1) is 13.2. The summed E-state index contributed by atoms with van der Waals surface area (Å²) in [6.07, 6.45) is 0. The molecule has 0 aromatic heterocycles. The van der Waals surface area contributed by atoms with E-state index in [1.54, 1.807) is 7.11 Å². The van der Waals surface area contributed by atoms with Crippen LogP contribution in [0, 0.1) is 32.6 Å². The van der Waals surface area contributed by atoms with Crippen LogP contribution in [-0.2, 0) is 0 Å². The molecule has 0 bridgehead atoms. The van der Waals surface area contributed by atoms with Gasteiger partial charge in [-0.05, 0) is 56.2 Å². The molecule has 19 heavy (non-hydrogen) atoms. The molecule has 0 N–H and O–H groups in total. The number of hydrogen-bond donors (Lipinski definition) is 0. The van der Waals surface area contributed by atoms with E-state index in [2.05, 4.69) is 44.7 Å². The summed E-state index contributed by atoms with van der Waals surface area (Å²) in [5, 5.41) is 0. The van der Waals surface area contributed by atoms with Crippen molar-refractivity contribution in [3.8, 4) is 17.6 Å². The number of ether oxygens (including phenoxy) is 1. The first-order valence-corrected chi connectivity index (χ1v) is 6.34. The molecule has 2 aromatic carbocycles. The molecule has 0 heterocycles. The van der Waals surface area contributed by atoms with Crippen molar-refractivity contribution in [3.05, 3.63) is 64.2 Å². The van der Waals surface area contributed by atoms with Gasteiger partial charge < -0.3 is 4.74 Å². The Labute approximate surface area is 115 Å². The van der Waals surface area contributed by atoms with Crippen LogP contribution in [0.15, 0.2) is 36.4 Å². The zero-order valence-corrected chi connectivity index (χ0v) is 11.9. The minimum absolute atomic E-state index is 0.855. The van der Waals surface area contributed by atoms with Crippen LogP contribution in [0.5, 0.6) is 5.75 Å². The van der Waals surface area contributed by atoms with Crippen molar-refractivity contribution in [2.24, 2.45) is 0 Å². The smallest absolute Gasteiger partial charge is 0.118 e. The first-order valence-electron chi connectivity index (χ1n) is 6.34. The molecular weight excluding hydrogens is 232 g/mol.